The molecule has 0 saturated heterocycles. The number of thiazole rings is 1. The van der Waals surface area contributed by atoms with Gasteiger partial charge in [-0.3, -0.25) is 0 Å². The summed E-state index contributed by atoms with van der Waals surface area (Å²) in [6, 6.07) is 6.74. The van der Waals surface area contributed by atoms with Crippen molar-refractivity contribution in [1.82, 2.24) is 9.71 Å². The molecule has 0 atom stereocenters. The van der Waals surface area contributed by atoms with Crippen molar-refractivity contribution in [3.63, 3.8) is 0 Å². The molecule has 0 amide bonds. The van der Waals surface area contributed by atoms with Crippen LogP contribution in [0.5, 0.6) is 0 Å². The van der Waals surface area contributed by atoms with Crippen LogP contribution in [0.25, 0.3) is 10.6 Å². The molecule has 2 aromatic rings. The second-order valence-electron chi connectivity index (χ2n) is 4.01. The average molecular weight is 297 g/mol. The van der Waals surface area contributed by atoms with Crippen LogP contribution in [0.15, 0.2) is 34.5 Å². The Morgan fingerprint density at radius 3 is 2.84 bits per heavy atom. The van der Waals surface area contributed by atoms with Gasteiger partial charge >= 0.3 is 0 Å². The summed E-state index contributed by atoms with van der Waals surface area (Å²) in [5.41, 5.74) is 7.03. The highest BCUT2D eigenvalue weighted by atomic mass is 32.2. The van der Waals surface area contributed by atoms with Crippen LogP contribution in [0.1, 0.15) is 5.69 Å². The summed E-state index contributed by atoms with van der Waals surface area (Å²) in [7, 11) is -3.50. The van der Waals surface area contributed by atoms with Crippen molar-refractivity contribution in [2.24, 2.45) is 5.73 Å². The zero-order valence-electron chi connectivity index (χ0n) is 10.5. The zero-order valence-corrected chi connectivity index (χ0v) is 12.1. The number of sulfonamides is 1. The van der Waals surface area contributed by atoms with Gasteiger partial charge in [-0.05, 0) is 19.1 Å². The summed E-state index contributed by atoms with van der Waals surface area (Å²) in [6.45, 7) is 2.40. The van der Waals surface area contributed by atoms with Gasteiger partial charge in [-0.1, -0.05) is 12.1 Å². The van der Waals surface area contributed by atoms with Crippen LogP contribution in [0, 0.1) is 6.92 Å². The van der Waals surface area contributed by atoms with E-state index in [-0.39, 0.29) is 18.0 Å². The number of benzene rings is 1. The number of aryl methyl sites for hydroxylation is 1. The predicted molar refractivity (Wildman–Crippen MR) is 76.5 cm³/mol. The smallest absolute Gasteiger partial charge is 0.240 e. The van der Waals surface area contributed by atoms with Crippen LogP contribution >= 0.6 is 11.3 Å². The van der Waals surface area contributed by atoms with Gasteiger partial charge in [0, 0.05) is 29.7 Å². The van der Waals surface area contributed by atoms with Gasteiger partial charge in [0.05, 0.1) is 4.90 Å². The molecule has 102 valence electrons. The number of hydrogen-bond donors (Lipinski definition) is 2. The topological polar surface area (TPSA) is 85.1 Å². The van der Waals surface area contributed by atoms with Crippen LogP contribution in [-0.2, 0) is 10.0 Å². The highest BCUT2D eigenvalue weighted by molar-refractivity contribution is 7.89. The summed E-state index contributed by atoms with van der Waals surface area (Å²) in [6.07, 6.45) is 0. The van der Waals surface area contributed by atoms with Crippen molar-refractivity contribution in [3.8, 4) is 10.6 Å². The summed E-state index contributed by atoms with van der Waals surface area (Å²) < 4.78 is 26.4. The number of hydrogen-bond acceptors (Lipinski definition) is 5. The Bertz CT molecular complexity index is 665. The van der Waals surface area contributed by atoms with Gasteiger partial charge < -0.3 is 5.73 Å². The van der Waals surface area contributed by atoms with Crippen molar-refractivity contribution < 1.29 is 8.42 Å². The molecular formula is C12H15N3O2S2. The lowest BCUT2D eigenvalue weighted by Gasteiger charge is -2.06. The lowest BCUT2D eigenvalue weighted by atomic mass is 10.2. The van der Waals surface area contributed by atoms with Crippen LogP contribution in [0.2, 0.25) is 0 Å². The maximum atomic E-state index is 12.0. The fourth-order valence-electron chi connectivity index (χ4n) is 1.56. The highest BCUT2D eigenvalue weighted by Gasteiger charge is 2.14. The van der Waals surface area contributed by atoms with E-state index in [1.807, 2.05) is 18.4 Å². The maximum absolute atomic E-state index is 12.0. The van der Waals surface area contributed by atoms with E-state index in [4.69, 9.17) is 5.73 Å². The molecule has 3 N–H and O–H groups in total. The lowest BCUT2D eigenvalue weighted by Crippen LogP contribution is -2.29. The van der Waals surface area contributed by atoms with Crippen molar-refractivity contribution in [2.75, 3.05) is 13.1 Å². The molecule has 0 aliphatic rings. The van der Waals surface area contributed by atoms with E-state index in [9.17, 15) is 8.42 Å². The average Bonchev–Trinajstić information content (AvgIpc) is 2.83. The second kappa shape index (κ2) is 5.79. The summed E-state index contributed by atoms with van der Waals surface area (Å²) >= 11 is 1.49. The van der Waals surface area contributed by atoms with Crippen molar-refractivity contribution in [1.29, 1.82) is 0 Å². The van der Waals surface area contributed by atoms with Gasteiger partial charge in [-0.2, -0.15) is 0 Å². The molecule has 0 spiro atoms. The quantitative estimate of drug-likeness (QED) is 0.872. The van der Waals surface area contributed by atoms with E-state index in [2.05, 4.69) is 9.71 Å². The molecule has 1 aromatic carbocycles. The first-order chi connectivity index (χ1) is 9.03. The lowest BCUT2D eigenvalue weighted by molar-refractivity contribution is 0.582. The summed E-state index contributed by atoms with van der Waals surface area (Å²) in [5.74, 6) is 0. The molecule has 0 bridgehead atoms. The third kappa shape index (κ3) is 3.38. The number of nitrogens with zero attached hydrogens (tertiary/aromatic N) is 1. The van der Waals surface area contributed by atoms with Crippen molar-refractivity contribution in [3.05, 3.63) is 35.3 Å². The predicted octanol–water partition coefficient (Wildman–Crippen LogP) is 1.36. The first-order valence-electron chi connectivity index (χ1n) is 5.75. The zero-order chi connectivity index (χ0) is 13.9. The SMILES string of the molecule is Cc1csc(-c2cccc(S(=O)(=O)NCCN)c2)n1. The van der Waals surface area contributed by atoms with Gasteiger partial charge in [0.15, 0.2) is 0 Å². The van der Waals surface area contributed by atoms with Crippen LogP contribution in [-0.4, -0.2) is 26.5 Å². The minimum Gasteiger partial charge on any atom is -0.329 e. The number of nitrogens with one attached hydrogen (secondary N) is 1. The fourth-order valence-corrected chi connectivity index (χ4v) is 3.45. The molecule has 1 heterocycles. The van der Waals surface area contributed by atoms with E-state index in [0.29, 0.717) is 0 Å². The Balaban J connectivity index is 2.34. The fraction of sp³-hybridized carbons (Fsp3) is 0.250. The molecule has 19 heavy (non-hydrogen) atoms. The minimum absolute atomic E-state index is 0.225. The molecule has 0 fully saturated rings. The van der Waals surface area contributed by atoms with Gasteiger partial charge in [0.2, 0.25) is 10.0 Å². The molecular weight excluding hydrogens is 282 g/mol. The number of aromatic nitrogens is 1. The molecule has 7 heteroatoms. The monoisotopic (exact) mass is 297 g/mol. The van der Waals surface area contributed by atoms with Gasteiger partial charge in [0.1, 0.15) is 5.01 Å². The molecule has 0 aliphatic carbocycles. The molecule has 1 aromatic heterocycles. The van der Waals surface area contributed by atoms with Gasteiger partial charge in [0.25, 0.3) is 0 Å². The van der Waals surface area contributed by atoms with E-state index >= 15 is 0 Å². The highest BCUT2D eigenvalue weighted by Crippen LogP contribution is 2.25. The maximum Gasteiger partial charge on any atom is 0.240 e. The molecule has 0 radical (unpaired) electrons. The van der Waals surface area contributed by atoms with Crippen LogP contribution in [0.3, 0.4) is 0 Å². The van der Waals surface area contributed by atoms with E-state index in [0.717, 1.165) is 16.3 Å². The van der Waals surface area contributed by atoms with Crippen LogP contribution in [0.4, 0.5) is 0 Å². The molecule has 0 unspecified atom stereocenters. The molecule has 0 saturated carbocycles. The van der Waals surface area contributed by atoms with E-state index < -0.39 is 10.0 Å². The standard InChI is InChI=1S/C12H15N3O2S2/c1-9-8-18-12(15-9)10-3-2-4-11(7-10)19(16,17)14-6-5-13/h2-4,7-8,14H,5-6,13H2,1H3. The Hall–Kier alpha value is -1.28. The third-order valence-electron chi connectivity index (χ3n) is 2.45. The summed E-state index contributed by atoms with van der Waals surface area (Å²) in [5, 5.41) is 2.75. The number of nitrogens with two attached hydrogens (primary N) is 1. The van der Waals surface area contributed by atoms with Crippen molar-refractivity contribution in [2.45, 2.75) is 11.8 Å². The molecule has 5 nitrogen and oxygen atoms in total. The minimum atomic E-state index is -3.50. The molecule has 2 rings (SSSR count). The largest absolute Gasteiger partial charge is 0.329 e. The van der Waals surface area contributed by atoms with E-state index in [1.165, 1.54) is 11.3 Å². The van der Waals surface area contributed by atoms with E-state index in [1.54, 1.807) is 18.2 Å². The molecule has 0 aliphatic heterocycles. The normalized spacial score (nSPS) is 11.7. The van der Waals surface area contributed by atoms with Gasteiger partial charge in [-0.15, -0.1) is 11.3 Å². The Kier molecular flexibility index (Phi) is 4.31. The van der Waals surface area contributed by atoms with Gasteiger partial charge in [-0.25, -0.2) is 18.1 Å². The number of rotatable bonds is 5. The Morgan fingerprint density at radius 2 is 2.21 bits per heavy atom. The Labute approximate surface area is 116 Å². The van der Waals surface area contributed by atoms with Crippen molar-refractivity contribution >= 4 is 21.4 Å². The summed E-state index contributed by atoms with van der Waals surface area (Å²) in [4.78, 5) is 4.58. The second-order valence-corrected chi connectivity index (χ2v) is 6.63. The third-order valence-corrected chi connectivity index (χ3v) is 4.91. The first kappa shape index (κ1) is 14.1. The first-order valence-corrected chi connectivity index (χ1v) is 8.11. The Morgan fingerprint density at radius 1 is 1.42 bits per heavy atom. The van der Waals surface area contributed by atoms with Crippen LogP contribution < -0.4 is 10.5 Å².